The molecule has 2 rings (SSSR count). The zero-order chi connectivity index (χ0) is 19.3. The average Bonchev–Trinajstić information content (AvgIpc) is 2.62. The molecular formula is C18H20FN3O4. The molecule has 7 nitrogen and oxygen atoms in total. The zero-order valence-electron chi connectivity index (χ0n) is 14.9. The number of halogens is 1. The molecule has 0 bridgehead atoms. The Kier molecular flexibility index (Phi) is 5.76. The summed E-state index contributed by atoms with van der Waals surface area (Å²) < 4.78 is 24.0. The second-order valence-corrected chi connectivity index (χ2v) is 6.00. The number of nitrogens with one attached hydrogen (secondary N) is 1. The number of anilines is 1. The maximum Gasteiger partial charge on any atom is 0.251 e. The van der Waals surface area contributed by atoms with E-state index in [1.54, 1.807) is 33.0 Å². The van der Waals surface area contributed by atoms with Crippen molar-refractivity contribution in [1.82, 2.24) is 10.3 Å². The van der Waals surface area contributed by atoms with Crippen LogP contribution in [0.15, 0.2) is 36.5 Å². The van der Waals surface area contributed by atoms with E-state index >= 15 is 0 Å². The highest BCUT2D eigenvalue weighted by Gasteiger charge is 2.30. The Bertz CT molecular complexity index is 811. The Hall–Kier alpha value is -3.16. The minimum Gasteiger partial charge on any atom is -0.494 e. The second-order valence-electron chi connectivity index (χ2n) is 6.00. The number of carbonyl (C=O) groups is 2. The fourth-order valence-corrected chi connectivity index (χ4v) is 2.23. The van der Waals surface area contributed by atoms with Crippen LogP contribution in [0.3, 0.4) is 0 Å². The third kappa shape index (κ3) is 4.27. The van der Waals surface area contributed by atoms with Crippen molar-refractivity contribution in [3.63, 3.8) is 0 Å². The van der Waals surface area contributed by atoms with Crippen LogP contribution in [0.4, 0.5) is 10.1 Å². The van der Waals surface area contributed by atoms with Crippen LogP contribution >= 0.6 is 0 Å². The summed E-state index contributed by atoms with van der Waals surface area (Å²) in [5.74, 6) is -0.212. The molecule has 0 aliphatic rings. The topological polar surface area (TPSA) is 80.8 Å². The van der Waals surface area contributed by atoms with Gasteiger partial charge in [0.1, 0.15) is 11.3 Å². The molecule has 0 saturated carbocycles. The van der Waals surface area contributed by atoms with Crippen molar-refractivity contribution in [3.05, 3.63) is 42.3 Å². The van der Waals surface area contributed by atoms with E-state index in [1.165, 1.54) is 36.4 Å². The monoisotopic (exact) mass is 361 g/mol. The normalized spacial score (nSPS) is 10.8. The van der Waals surface area contributed by atoms with Gasteiger partial charge in [-0.3, -0.25) is 9.59 Å². The van der Waals surface area contributed by atoms with Crippen LogP contribution < -0.4 is 19.7 Å². The summed E-state index contributed by atoms with van der Waals surface area (Å²) in [7, 11) is 2.94. The molecule has 0 aliphatic heterocycles. The summed E-state index contributed by atoms with van der Waals surface area (Å²) in [6.45, 7) is 3.20. The number of hydrogen-bond donors (Lipinski definition) is 1. The molecule has 26 heavy (non-hydrogen) atoms. The minimum atomic E-state index is -1.06. The van der Waals surface area contributed by atoms with Crippen LogP contribution in [0.25, 0.3) is 0 Å². The standard InChI is InChI=1S/C18H20FN3O4/c1-18(2,21-11-23)17(24)22(3)12-7-8-20-16(9-12)26-13-5-6-14(19)15(10-13)25-4/h5-11H,1-4H3,(H,21,23). The molecule has 2 aromatic rings. The van der Waals surface area contributed by atoms with Crippen LogP contribution in [-0.4, -0.2) is 37.0 Å². The largest absolute Gasteiger partial charge is 0.494 e. The van der Waals surface area contributed by atoms with E-state index < -0.39 is 11.4 Å². The predicted molar refractivity (Wildman–Crippen MR) is 94.0 cm³/mol. The lowest BCUT2D eigenvalue weighted by Gasteiger charge is -2.28. The zero-order valence-corrected chi connectivity index (χ0v) is 14.9. The van der Waals surface area contributed by atoms with Crippen molar-refractivity contribution < 1.29 is 23.5 Å². The Morgan fingerprint density at radius 3 is 2.69 bits per heavy atom. The molecule has 1 aromatic heterocycles. The van der Waals surface area contributed by atoms with Crippen LogP contribution in [0.5, 0.6) is 17.4 Å². The summed E-state index contributed by atoms with van der Waals surface area (Å²) in [4.78, 5) is 28.7. The number of pyridine rings is 1. The van der Waals surface area contributed by atoms with Crippen LogP contribution in [0.2, 0.25) is 0 Å². The summed E-state index contributed by atoms with van der Waals surface area (Å²) in [5, 5.41) is 2.48. The highest BCUT2D eigenvalue weighted by molar-refractivity contribution is 6.00. The maximum absolute atomic E-state index is 13.5. The number of rotatable bonds is 7. The van der Waals surface area contributed by atoms with Gasteiger partial charge in [0.25, 0.3) is 5.91 Å². The van der Waals surface area contributed by atoms with Gasteiger partial charge in [-0.25, -0.2) is 9.37 Å². The van der Waals surface area contributed by atoms with Gasteiger partial charge in [0.2, 0.25) is 12.3 Å². The molecule has 0 atom stereocenters. The third-order valence-corrected chi connectivity index (χ3v) is 3.71. The molecule has 1 heterocycles. The molecule has 0 aliphatic carbocycles. The van der Waals surface area contributed by atoms with E-state index in [1.807, 2.05) is 0 Å². The van der Waals surface area contributed by atoms with Crippen molar-refractivity contribution in [3.8, 4) is 17.4 Å². The lowest BCUT2D eigenvalue weighted by Crippen LogP contribution is -2.52. The van der Waals surface area contributed by atoms with Gasteiger partial charge in [-0.15, -0.1) is 0 Å². The number of benzene rings is 1. The molecule has 1 aromatic carbocycles. The van der Waals surface area contributed by atoms with E-state index in [9.17, 15) is 14.0 Å². The van der Waals surface area contributed by atoms with Crippen molar-refractivity contribution in [2.75, 3.05) is 19.1 Å². The van der Waals surface area contributed by atoms with E-state index in [0.29, 0.717) is 17.8 Å². The molecule has 0 fully saturated rings. The first-order valence-electron chi connectivity index (χ1n) is 7.75. The number of carbonyl (C=O) groups excluding carboxylic acids is 2. The quantitative estimate of drug-likeness (QED) is 0.767. The van der Waals surface area contributed by atoms with Gasteiger partial charge in [-0.05, 0) is 32.0 Å². The van der Waals surface area contributed by atoms with Gasteiger partial charge in [0.05, 0.1) is 12.8 Å². The number of nitrogens with zero attached hydrogens (tertiary/aromatic N) is 2. The molecular weight excluding hydrogens is 341 g/mol. The SMILES string of the molecule is COc1cc(Oc2cc(N(C)C(=O)C(C)(C)NC=O)ccn2)ccc1F. The minimum absolute atomic E-state index is 0.0487. The van der Waals surface area contributed by atoms with Crippen molar-refractivity contribution in [2.24, 2.45) is 0 Å². The number of aromatic nitrogens is 1. The predicted octanol–water partition coefficient (Wildman–Crippen LogP) is 2.51. The Balaban J connectivity index is 2.22. The lowest BCUT2D eigenvalue weighted by atomic mass is 10.0. The number of amides is 2. The Morgan fingerprint density at radius 1 is 1.31 bits per heavy atom. The molecule has 1 N–H and O–H groups in total. The van der Waals surface area contributed by atoms with Gasteiger partial charge in [-0.2, -0.15) is 0 Å². The highest BCUT2D eigenvalue weighted by Crippen LogP contribution is 2.28. The highest BCUT2D eigenvalue weighted by atomic mass is 19.1. The van der Waals surface area contributed by atoms with Gasteiger partial charge >= 0.3 is 0 Å². The van der Waals surface area contributed by atoms with Gasteiger partial charge in [0.15, 0.2) is 11.6 Å². The first kappa shape index (κ1) is 19.2. The van der Waals surface area contributed by atoms with Gasteiger partial charge < -0.3 is 19.7 Å². The second kappa shape index (κ2) is 7.81. The molecule has 0 radical (unpaired) electrons. The smallest absolute Gasteiger partial charge is 0.251 e. The van der Waals surface area contributed by atoms with E-state index in [-0.39, 0.29) is 17.5 Å². The summed E-state index contributed by atoms with van der Waals surface area (Å²) in [6, 6.07) is 7.26. The van der Waals surface area contributed by atoms with Gasteiger partial charge in [0, 0.05) is 25.4 Å². The number of likely N-dealkylation sites (N-methyl/N-ethyl adjacent to an activating group) is 1. The lowest BCUT2D eigenvalue weighted by molar-refractivity contribution is -0.126. The first-order valence-corrected chi connectivity index (χ1v) is 7.75. The molecule has 0 unspecified atom stereocenters. The van der Waals surface area contributed by atoms with Crippen LogP contribution in [-0.2, 0) is 9.59 Å². The van der Waals surface area contributed by atoms with E-state index in [4.69, 9.17) is 9.47 Å². The fourth-order valence-electron chi connectivity index (χ4n) is 2.23. The molecule has 8 heteroatoms. The maximum atomic E-state index is 13.5. The van der Waals surface area contributed by atoms with E-state index in [0.717, 1.165) is 0 Å². The van der Waals surface area contributed by atoms with E-state index in [2.05, 4.69) is 10.3 Å². The van der Waals surface area contributed by atoms with Crippen molar-refractivity contribution >= 4 is 18.0 Å². The summed E-state index contributed by atoms with van der Waals surface area (Å²) in [5.41, 5.74) is -0.541. The fraction of sp³-hybridized carbons (Fsp3) is 0.278. The first-order chi connectivity index (χ1) is 12.3. The van der Waals surface area contributed by atoms with Crippen LogP contribution in [0.1, 0.15) is 13.8 Å². The number of hydrogen-bond acceptors (Lipinski definition) is 5. The summed E-state index contributed by atoms with van der Waals surface area (Å²) in [6.07, 6.45) is 1.96. The molecule has 0 spiro atoms. The van der Waals surface area contributed by atoms with Crippen LogP contribution in [0, 0.1) is 5.82 Å². The Morgan fingerprint density at radius 2 is 2.04 bits per heavy atom. The summed E-state index contributed by atoms with van der Waals surface area (Å²) >= 11 is 0. The average molecular weight is 361 g/mol. The molecule has 138 valence electrons. The third-order valence-electron chi connectivity index (χ3n) is 3.71. The molecule has 0 saturated heterocycles. The number of ether oxygens (including phenoxy) is 2. The Labute approximate surface area is 150 Å². The number of methoxy groups -OCH3 is 1. The van der Waals surface area contributed by atoms with Gasteiger partial charge in [-0.1, -0.05) is 0 Å². The van der Waals surface area contributed by atoms with Crippen molar-refractivity contribution in [2.45, 2.75) is 19.4 Å². The molecule has 2 amide bonds. The van der Waals surface area contributed by atoms with Crippen molar-refractivity contribution in [1.29, 1.82) is 0 Å².